The fraction of sp³-hybridized carbons (Fsp3) is 0.636. The molecule has 0 saturated heterocycles. The van der Waals surface area contributed by atoms with E-state index in [0.29, 0.717) is 32.0 Å². The highest BCUT2D eigenvalue weighted by Crippen LogP contribution is 2.47. The van der Waals surface area contributed by atoms with E-state index in [4.69, 9.17) is 14.2 Å². The van der Waals surface area contributed by atoms with Crippen LogP contribution in [0.15, 0.2) is 42.1 Å². The lowest BCUT2D eigenvalue weighted by atomic mass is 9.73. The largest absolute Gasteiger partial charge is 0.507 e. The molecule has 0 saturated carbocycles. The van der Waals surface area contributed by atoms with Gasteiger partial charge in [-0.3, -0.25) is 4.68 Å². The summed E-state index contributed by atoms with van der Waals surface area (Å²) < 4.78 is 20.3. The maximum absolute atomic E-state index is 11.3. The zero-order valence-corrected chi connectivity index (χ0v) is 25.8. The number of benzene rings is 1. The van der Waals surface area contributed by atoms with Gasteiger partial charge in [0, 0.05) is 31.1 Å². The van der Waals surface area contributed by atoms with Gasteiger partial charge < -0.3 is 19.3 Å². The Hall–Kier alpha value is -2.64. The van der Waals surface area contributed by atoms with Crippen molar-refractivity contribution in [3.8, 4) is 11.5 Å². The van der Waals surface area contributed by atoms with Crippen molar-refractivity contribution in [1.29, 1.82) is 0 Å². The molecule has 0 aliphatic heterocycles. The minimum Gasteiger partial charge on any atom is -0.507 e. The Morgan fingerprint density at radius 2 is 2.02 bits per heavy atom. The van der Waals surface area contributed by atoms with Crippen molar-refractivity contribution < 1.29 is 19.3 Å². The zero-order chi connectivity index (χ0) is 29.3. The Morgan fingerprint density at radius 3 is 2.70 bits per heavy atom. The minimum absolute atomic E-state index is 0.0516. The van der Waals surface area contributed by atoms with E-state index < -0.39 is 0 Å². The Balaban J connectivity index is 1.63. The van der Waals surface area contributed by atoms with Crippen LogP contribution >= 0.6 is 0 Å². The zero-order valence-electron chi connectivity index (χ0n) is 25.8. The van der Waals surface area contributed by atoms with Crippen molar-refractivity contribution in [3.63, 3.8) is 0 Å². The molecule has 1 N–H and O–H groups in total. The van der Waals surface area contributed by atoms with Gasteiger partial charge >= 0.3 is 0 Å². The van der Waals surface area contributed by atoms with Crippen molar-refractivity contribution >= 4 is 0 Å². The van der Waals surface area contributed by atoms with Crippen molar-refractivity contribution in [2.75, 3.05) is 19.8 Å². The molecule has 3 rings (SSSR count). The third kappa shape index (κ3) is 9.48. The molecule has 1 heterocycles. The number of phenolic OH excluding ortho intramolecular Hbond substituents is 1. The first kappa shape index (κ1) is 31.9. The molecule has 3 atom stereocenters. The number of hydrogen-bond acceptors (Lipinski definition) is 6. The van der Waals surface area contributed by atoms with Gasteiger partial charge in [0.1, 0.15) is 18.1 Å². The summed E-state index contributed by atoms with van der Waals surface area (Å²) >= 11 is 0. The second-order valence-corrected chi connectivity index (χ2v) is 12.2. The van der Waals surface area contributed by atoms with Crippen molar-refractivity contribution in [1.82, 2.24) is 15.0 Å². The van der Waals surface area contributed by atoms with Crippen LogP contribution in [0.4, 0.5) is 0 Å². The van der Waals surface area contributed by atoms with Crippen LogP contribution in [0.3, 0.4) is 0 Å². The van der Waals surface area contributed by atoms with Crippen LogP contribution in [0.2, 0.25) is 0 Å². The average Bonchev–Trinajstić information content (AvgIpc) is 3.28. The smallest absolute Gasteiger partial charge is 0.127 e. The van der Waals surface area contributed by atoms with Crippen molar-refractivity contribution in [3.05, 3.63) is 59.0 Å². The highest BCUT2D eigenvalue weighted by Gasteiger charge is 2.31. The van der Waals surface area contributed by atoms with Gasteiger partial charge in [0.05, 0.1) is 30.6 Å². The first-order valence-electron chi connectivity index (χ1n) is 14.9. The average molecular weight is 554 g/mol. The number of aromatic nitrogens is 3. The van der Waals surface area contributed by atoms with Gasteiger partial charge in [-0.25, -0.2) is 0 Å². The summed E-state index contributed by atoms with van der Waals surface area (Å²) in [4.78, 5) is 0. The topological polar surface area (TPSA) is 78.6 Å². The van der Waals surface area contributed by atoms with Gasteiger partial charge in [-0.15, -0.1) is 5.10 Å². The predicted molar refractivity (Wildman–Crippen MR) is 161 cm³/mol. The van der Waals surface area contributed by atoms with Gasteiger partial charge in [-0.05, 0) is 83.9 Å². The van der Waals surface area contributed by atoms with Crippen LogP contribution in [-0.4, -0.2) is 51.6 Å². The Bertz CT molecular complexity index is 1140. The summed E-state index contributed by atoms with van der Waals surface area (Å²) in [7, 11) is 1.86. The van der Waals surface area contributed by atoms with Gasteiger partial charge in [-0.1, -0.05) is 48.8 Å². The van der Waals surface area contributed by atoms with E-state index in [1.54, 1.807) is 4.68 Å². The molecule has 0 radical (unpaired) electrons. The van der Waals surface area contributed by atoms with Crippen LogP contribution in [0.5, 0.6) is 11.5 Å². The van der Waals surface area contributed by atoms with E-state index in [-0.39, 0.29) is 23.5 Å². The number of nitrogens with zero attached hydrogens (tertiary/aromatic N) is 3. The Kier molecular flexibility index (Phi) is 11.8. The first-order chi connectivity index (χ1) is 19.0. The predicted octanol–water partition coefficient (Wildman–Crippen LogP) is 7.09. The van der Waals surface area contributed by atoms with Crippen LogP contribution in [-0.2, 0) is 29.4 Å². The Morgan fingerprint density at radius 1 is 1.25 bits per heavy atom. The highest BCUT2D eigenvalue weighted by atomic mass is 16.6. The highest BCUT2D eigenvalue weighted by molar-refractivity contribution is 5.52. The number of phenols is 1. The molecular formula is C33H51N3O4. The third-order valence-corrected chi connectivity index (χ3v) is 7.67. The van der Waals surface area contributed by atoms with E-state index in [0.717, 1.165) is 60.2 Å². The molecule has 0 bridgehead atoms. The number of rotatable bonds is 16. The summed E-state index contributed by atoms with van der Waals surface area (Å²) in [6, 6.07) is 4.06. The van der Waals surface area contributed by atoms with Crippen molar-refractivity contribution in [2.24, 2.45) is 13.0 Å². The van der Waals surface area contributed by atoms with E-state index in [1.807, 2.05) is 26.2 Å². The summed E-state index contributed by atoms with van der Waals surface area (Å²) in [6.07, 6.45) is 11.2. The van der Waals surface area contributed by atoms with Gasteiger partial charge in [-0.2, -0.15) is 0 Å². The van der Waals surface area contributed by atoms with E-state index in [9.17, 15) is 5.11 Å². The van der Waals surface area contributed by atoms with Gasteiger partial charge in [0.2, 0.25) is 0 Å². The fourth-order valence-electron chi connectivity index (χ4n) is 5.51. The summed E-state index contributed by atoms with van der Waals surface area (Å²) in [5.74, 6) is 1.41. The Labute approximate surface area is 241 Å². The number of unbranched alkanes of at least 4 members (excludes halogenated alkanes) is 2. The first-order valence-corrected chi connectivity index (χ1v) is 14.9. The second-order valence-electron chi connectivity index (χ2n) is 12.2. The van der Waals surface area contributed by atoms with Gasteiger partial charge in [0.25, 0.3) is 0 Å². The maximum Gasteiger partial charge on any atom is 0.127 e. The van der Waals surface area contributed by atoms with Crippen LogP contribution in [0, 0.1) is 5.92 Å². The molecule has 1 aromatic carbocycles. The molecule has 0 fully saturated rings. The SMILES string of the molecule is C=C(C)C1CCC(C)=CC1c1c(O)cc(CCCCC)cc1OCCOC(C)COC(C)(C)Cc1cn(C)nn1. The molecule has 0 spiro atoms. The number of aryl methyl sites for hydroxylation is 2. The molecule has 40 heavy (non-hydrogen) atoms. The standard InChI is InChI=1S/C33H51N3O4/c1-9-10-11-12-26-18-30(37)32(29-17-24(4)13-14-28(29)23(2)3)31(19-26)39-16-15-38-25(5)22-40-33(6,7)20-27-21-36(8)35-34-27/h17-19,21,25,28-29,37H,2,9-16,20,22H2,1,3-8H3. The number of ether oxygens (including phenoxy) is 3. The third-order valence-electron chi connectivity index (χ3n) is 7.67. The number of hydrogen-bond donors (Lipinski definition) is 1. The summed E-state index contributed by atoms with van der Waals surface area (Å²) in [5.41, 5.74) is 5.00. The number of allylic oxidation sites excluding steroid dienone is 3. The summed E-state index contributed by atoms with van der Waals surface area (Å²) in [5, 5.41) is 19.4. The second kappa shape index (κ2) is 14.8. The molecule has 1 aliphatic rings. The van der Waals surface area contributed by atoms with Crippen LogP contribution in [0.25, 0.3) is 0 Å². The molecule has 7 nitrogen and oxygen atoms in total. The molecule has 7 heteroatoms. The van der Waals surface area contributed by atoms with E-state index in [2.05, 4.69) is 63.7 Å². The lowest BCUT2D eigenvalue weighted by Crippen LogP contribution is -2.32. The maximum atomic E-state index is 11.3. The quantitative estimate of drug-likeness (QED) is 0.177. The minimum atomic E-state index is -0.375. The van der Waals surface area contributed by atoms with Gasteiger partial charge in [0.15, 0.2) is 0 Å². The molecule has 1 aliphatic carbocycles. The summed E-state index contributed by atoms with van der Waals surface area (Å²) in [6.45, 7) is 18.1. The van der Waals surface area contributed by atoms with E-state index >= 15 is 0 Å². The normalized spacial score (nSPS) is 18.4. The molecule has 3 unspecified atom stereocenters. The monoisotopic (exact) mass is 553 g/mol. The molecule has 1 aromatic heterocycles. The van der Waals surface area contributed by atoms with Crippen LogP contribution in [0.1, 0.15) is 96.4 Å². The van der Waals surface area contributed by atoms with E-state index in [1.165, 1.54) is 12.0 Å². The van der Waals surface area contributed by atoms with Crippen LogP contribution < -0.4 is 4.74 Å². The molecule has 222 valence electrons. The molecular weight excluding hydrogens is 502 g/mol. The van der Waals surface area contributed by atoms with Crippen molar-refractivity contribution in [2.45, 2.75) is 104 Å². The molecule has 2 aromatic rings. The fourth-order valence-corrected chi connectivity index (χ4v) is 5.51. The lowest BCUT2D eigenvalue weighted by molar-refractivity contribution is -0.0777. The number of aromatic hydroxyl groups is 1. The lowest BCUT2D eigenvalue weighted by Gasteiger charge is -2.32. The molecule has 0 amide bonds.